The molecule has 0 aromatic carbocycles. The van der Waals surface area contributed by atoms with Gasteiger partial charge in [0.1, 0.15) is 11.9 Å². The number of Topliss-reactive ketones (excluding diaryl/α,β-unsaturated/α-hetero) is 1. The Balaban J connectivity index is 1.93. The fraction of sp³-hybridized carbons (Fsp3) is 0.800. The average molecular weight is 334 g/mol. The zero-order valence-electron chi connectivity index (χ0n) is 15.5. The van der Waals surface area contributed by atoms with Crippen molar-refractivity contribution in [2.24, 2.45) is 28.6 Å². The molecule has 0 unspecified atom stereocenters. The minimum absolute atomic E-state index is 0.00860. The van der Waals surface area contributed by atoms with E-state index in [0.717, 1.165) is 18.4 Å². The van der Waals surface area contributed by atoms with Gasteiger partial charge in [-0.25, -0.2) is 4.79 Å². The third-order valence-corrected chi connectivity index (χ3v) is 7.45. The zero-order valence-corrected chi connectivity index (χ0v) is 15.5. The molecule has 0 amide bonds. The summed E-state index contributed by atoms with van der Waals surface area (Å²) < 4.78 is 5.47. The molecule has 2 saturated carbocycles. The van der Waals surface area contributed by atoms with Gasteiger partial charge in [-0.15, -0.1) is 0 Å². The Morgan fingerprint density at radius 1 is 1.29 bits per heavy atom. The van der Waals surface area contributed by atoms with Crippen LogP contribution in [0, 0.1) is 28.6 Å². The van der Waals surface area contributed by atoms with Gasteiger partial charge in [0.05, 0.1) is 6.10 Å². The van der Waals surface area contributed by atoms with Crippen LogP contribution >= 0.6 is 0 Å². The van der Waals surface area contributed by atoms with E-state index in [4.69, 9.17) is 4.74 Å². The number of ether oxygens (including phenoxy) is 1. The summed E-state index contributed by atoms with van der Waals surface area (Å²) in [5, 5.41) is 10.5. The Morgan fingerprint density at radius 3 is 2.54 bits per heavy atom. The first-order valence-electron chi connectivity index (χ1n) is 9.17. The van der Waals surface area contributed by atoms with E-state index in [1.54, 1.807) is 6.08 Å². The van der Waals surface area contributed by atoms with Gasteiger partial charge in [0, 0.05) is 18.4 Å². The first-order valence-corrected chi connectivity index (χ1v) is 9.17. The van der Waals surface area contributed by atoms with Crippen LogP contribution in [0.1, 0.15) is 60.3 Å². The summed E-state index contributed by atoms with van der Waals surface area (Å²) in [6, 6.07) is 0. The van der Waals surface area contributed by atoms with Crippen LogP contribution in [-0.4, -0.2) is 29.1 Å². The highest BCUT2D eigenvalue weighted by Gasteiger charge is 2.59. The maximum Gasteiger partial charge on any atom is 0.331 e. The highest BCUT2D eigenvalue weighted by molar-refractivity contribution is 5.86. The Bertz CT molecular complexity index is 590. The summed E-state index contributed by atoms with van der Waals surface area (Å²) in [5.41, 5.74) is 0.685. The van der Waals surface area contributed by atoms with Gasteiger partial charge in [0.25, 0.3) is 0 Å². The van der Waals surface area contributed by atoms with Crippen LogP contribution in [0.3, 0.4) is 0 Å². The van der Waals surface area contributed by atoms with E-state index in [-0.39, 0.29) is 52.5 Å². The molecule has 0 radical (unpaired) electrons. The number of ketones is 1. The van der Waals surface area contributed by atoms with Gasteiger partial charge in [0.15, 0.2) is 0 Å². The van der Waals surface area contributed by atoms with Gasteiger partial charge in [-0.1, -0.05) is 27.7 Å². The van der Waals surface area contributed by atoms with Crippen LogP contribution < -0.4 is 0 Å². The van der Waals surface area contributed by atoms with Crippen LogP contribution in [0.15, 0.2) is 11.6 Å². The average Bonchev–Trinajstić information content (AvgIpc) is 2.81. The minimum atomic E-state index is -0.358. The predicted molar refractivity (Wildman–Crippen MR) is 91.2 cm³/mol. The van der Waals surface area contributed by atoms with Gasteiger partial charge in [-0.3, -0.25) is 4.79 Å². The third kappa shape index (κ3) is 2.54. The van der Waals surface area contributed by atoms with Crippen molar-refractivity contribution in [2.45, 2.75) is 72.5 Å². The highest BCUT2D eigenvalue weighted by atomic mass is 16.5. The number of hydrogen-bond donors (Lipinski definition) is 1. The molecule has 6 atom stereocenters. The molecule has 3 aliphatic rings. The number of carbonyl (C=O) groups is 2. The molecule has 4 heteroatoms. The lowest BCUT2D eigenvalue weighted by molar-refractivity contribution is -0.168. The summed E-state index contributed by atoms with van der Waals surface area (Å²) in [7, 11) is 0. The number of esters is 1. The van der Waals surface area contributed by atoms with Crippen molar-refractivity contribution < 1.29 is 19.4 Å². The molecule has 24 heavy (non-hydrogen) atoms. The van der Waals surface area contributed by atoms with Crippen molar-refractivity contribution in [3.05, 3.63) is 11.6 Å². The van der Waals surface area contributed by atoms with Crippen LogP contribution in [0.4, 0.5) is 0 Å². The molecule has 0 aromatic heterocycles. The van der Waals surface area contributed by atoms with Gasteiger partial charge in [-0.05, 0) is 54.4 Å². The number of carbonyl (C=O) groups excluding carboxylic acids is 2. The molecule has 1 heterocycles. The van der Waals surface area contributed by atoms with E-state index < -0.39 is 0 Å². The van der Waals surface area contributed by atoms with Crippen LogP contribution in [0.25, 0.3) is 0 Å². The maximum atomic E-state index is 12.7. The van der Waals surface area contributed by atoms with E-state index in [0.29, 0.717) is 12.8 Å². The summed E-state index contributed by atoms with van der Waals surface area (Å²) >= 11 is 0. The molecule has 2 aliphatic carbocycles. The lowest BCUT2D eigenvalue weighted by Crippen LogP contribution is -2.58. The molecule has 1 N–H and O–H groups in total. The van der Waals surface area contributed by atoms with Crippen molar-refractivity contribution in [1.29, 1.82) is 0 Å². The standard InChI is InChI=1S/C20H30O4/c1-11-8-18(23)24-15(11)9-13-12(2)14(21)10-16-19(3,4)17(22)6-7-20(13,16)5/h8,12-13,15-17,22H,6-7,9-10H2,1-5H3/t12-,13-,15-,16-,17-,20+/m1/s1. The van der Waals surface area contributed by atoms with E-state index >= 15 is 0 Å². The number of fused-ring (bicyclic) bond motifs is 1. The summed E-state index contributed by atoms with van der Waals surface area (Å²) in [4.78, 5) is 24.3. The third-order valence-electron chi connectivity index (χ3n) is 7.45. The Labute approximate surface area is 144 Å². The highest BCUT2D eigenvalue weighted by Crippen LogP contribution is 2.61. The van der Waals surface area contributed by atoms with E-state index in [1.165, 1.54) is 0 Å². The van der Waals surface area contributed by atoms with E-state index in [9.17, 15) is 14.7 Å². The molecule has 0 bridgehead atoms. The lowest BCUT2D eigenvalue weighted by atomic mass is 9.45. The molecule has 3 rings (SSSR count). The monoisotopic (exact) mass is 334 g/mol. The minimum Gasteiger partial charge on any atom is -0.455 e. The maximum absolute atomic E-state index is 12.7. The molecule has 1 aliphatic heterocycles. The second kappa shape index (κ2) is 5.69. The predicted octanol–water partition coefficient (Wildman–Crippen LogP) is 3.28. The molecule has 0 saturated heterocycles. The van der Waals surface area contributed by atoms with Gasteiger partial charge < -0.3 is 9.84 Å². The number of aliphatic hydroxyl groups is 1. The largest absolute Gasteiger partial charge is 0.455 e. The van der Waals surface area contributed by atoms with E-state index in [2.05, 4.69) is 20.8 Å². The van der Waals surface area contributed by atoms with Gasteiger partial charge in [0.2, 0.25) is 0 Å². The van der Waals surface area contributed by atoms with Crippen molar-refractivity contribution in [3.63, 3.8) is 0 Å². The molecule has 134 valence electrons. The Morgan fingerprint density at radius 2 is 1.96 bits per heavy atom. The number of rotatable bonds is 2. The second-order valence-corrected chi connectivity index (χ2v) is 9.05. The van der Waals surface area contributed by atoms with Gasteiger partial charge >= 0.3 is 5.97 Å². The number of cyclic esters (lactones) is 1. The van der Waals surface area contributed by atoms with Crippen molar-refractivity contribution in [3.8, 4) is 0 Å². The van der Waals surface area contributed by atoms with Crippen LogP contribution in [0.5, 0.6) is 0 Å². The first kappa shape index (κ1) is 17.7. The van der Waals surface area contributed by atoms with Crippen molar-refractivity contribution in [1.82, 2.24) is 0 Å². The molecular weight excluding hydrogens is 304 g/mol. The molecule has 2 fully saturated rings. The van der Waals surface area contributed by atoms with Crippen molar-refractivity contribution in [2.75, 3.05) is 0 Å². The number of aliphatic hydroxyl groups excluding tert-OH is 1. The quantitative estimate of drug-likeness (QED) is 0.787. The molecule has 0 spiro atoms. The Kier molecular flexibility index (Phi) is 4.18. The van der Waals surface area contributed by atoms with Crippen LogP contribution in [0.2, 0.25) is 0 Å². The van der Waals surface area contributed by atoms with Crippen LogP contribution in [-0.2, 0) is 14.3 Å². The molecule has 4 nitrogen and oxygen atoms in total. The van der Waals surface area contributed by atoms with Crippen molar-refractivity contribution >= 4 is 11.8 Å². The van der Waals surface area contributed by atoms with Gasteiger partial charge in [-0.2, -0.15) is 0 Å². The summed E-state index contributed by atoms with van der Waals surface area (Å²) in [6.45, 7) is 10.4. The fourth-order valence-corrected chi connectivity index (χ4v) is 5.68. The first-order chi connectivity index (χ1) is 11.1. The lowest BCUT2D eigenvalue weighted by Gasteiger charge is -2.60. The summed E-state index contributed by atoms with van der Waals surface area (Å²) in [5.74, 6) is 0.340. The fourth-order valence-electron chi connectivity index (χ4n) is 5.68. The smallest absolute Gasteiger partial charge is 0.331 e. The SMILES string of the molecule is CC1=CC(=O)O[C@@H]1C[C@@H]1[C@@H](C)C(=O)C[C@@H]2C(C)(C)[C@H](O)CC[C@@]12C. The normalized spacial score (nSPS) is 44.8. The number of hydrogen-bond acceptors (Lipinski definition) is 4. The second-order valence-electron chi connectivity index (χ2n) is 9.05. The topological polar surface area (TPSA) is 63.6 Å². The van der Waals surface area contributed by atoms with E-state index in [1.807, 2.05) is 13.8 Å². The Hall–Kier alpha value is -1.16. The molecule has 0 aromatic rings. The summed E-state index contributed by atoms with van der Waals surface area (Å²) in [6.07, 6.45) is 3.96. The molecular formula is C20H30O4. The zero-order chi connectivity index (χ0) is 17.9.